The van der Waals surface area contributed by atoms with Crippen molar-refractivity contribution in [3.8, 4) is 0 Å². The molecule has 2 rings (SSSR count). The van der Waals surface area contributed by atoms with Crippen molar-refractivity contribution in [1.82, 2.24) is 9.29 Å². The van der Waals surface area contributed by atoms with Crippen LogP contribution in [-0.2, 0) is 10.0 Å². The molecule has 1 fully saturated rings. The third-order valence-electron chi connectivity index (χ3n) is 4.07. The lowest BCUT2D eigenvalue weighted by Gasteiger charge is -2.33. The molecule has 0 bridgehead atoms. The first-order chi connectivity index (χ1) is 9.82. The third-order valence-corrected chi connectivity index (χ3v) is 6.16. The Bertz CT molecular complexity index is 604. The average Bonchev–Trinajstić information content (AvgIpc) is 2.47. The van der Waals surface area contributed by atoms with Gasteiger partial charge in [-0.1, -0.05) is 26.1 Å². The van der Waals surface area contributed by atoms with E-state index in [1.807, 2.05) is 0 Å². The molecule has 2 N–H and O–H groups in total. The molecule has 5 nitrogen and oxygen atoms in total. The van der Waals surface area contributed by atoms with E-state index in [0.717, 1.165) is 12.8 Å². The monoisotopic (exact) mass is 327 g/mol. The minimum atomic E-state index is -3.47. The molecule has 1 aliphatic rings. The van der Waals surface area contributed by atoms with Gasteiger partial charge in [-0.3, -0.25) is 4.98 Å². The Kier molecular flexibility index (Phi) is 4.95. The fourth-order valence-electron chi connectivity index (χ4n) is 2.61. The molecule has 0 spiro atoms. The fourth-order valence-corrected chi connectivity index (χ4v) is 4.15. The van der Waals surface area contributed by atoms with E-state index in [9.17, 15) is 8.42 Å². The predicted octanol–water partition coefficient (Wildman–Crippen LogP) is 1.77. The summed E-state index contributed by atoms with van der Waals surface area (Å²) >= 11 is 4.82. The summed E-state index contributed by atoms with van der Waals surface area (Å²) in [4.78, 5) is 4.37. The molecular weight excluding hydrogens is 306 g/mol. The highest BCUT2D eigenvalue weighted by molar-refractivity contribution is 7.89. The topological polar surface area (TPSA) is 76.3 Å². The zero-order chi connectivity index (χ0) is 15.6. The smallest absolute Gasteiger partial charge is 0.244 e. The standard InChI is InChI=1S/C14H21N3O2S2/c1-10(2)11-5-7-17(8-6-11)21(18,19)12-3-4-13(14(15)20)16-9-12/h3-4,9-11H,5-8H2,1-2H3,(H2,15,20). The van der Waals surface area contributed by atoms with Gasteiger partial charge in [-0.15, -0.1) is 0 Å². The van der Waals surface area contributed by atoms with Gasteiger partial charge < -0.3 is 5.73 Å². The highest BCUT2D eigenvalue weighted by Crippen LogP contribution is 2.27. The summed E-state index contributed by atoms with van der Waals surface area (Å²) in [7, 11) is -3.47. The summed E-state index contributed by atoms with van der Waals surface area (Å²) < 4.78 is 26.7. The number of nitrogens with zero attached hydrogens (tertiary/aromatic N) is 2. The van der Waals surface area contributed by atoms with E-state index in [1.165, 1.54) is 12.3 Å². The minimum absolute atomic E-state index is 0.164. The summed E-state index contributed by atoms with van der Waals surface area (Å²) in [5.41, 5.74) is 5.90. The Morgan fingerprint density at radius 2 is 2.00 bits per heavy atom. The lowest BCUT2D eigenvalue weighted by Crippen LogP contribution is -2.39. The van der Waals surface area contributed by atoms with Crippen molar-refractivity contribution in [2.75, 3.05) is 13.1 Å². The van der Waals surface area contributed by atoms with Crippen LogP contribution < -0.4 is 5.73 Å². The van der Waals surface area contributed by atoms with Crippen LogP contribution in [0.3, 0.4) is 0 Å². The molecule has 1 aromatic heterocycles. The fraction of sp³-hybridized carbons (Fsp3) is 0.571. The maximum Gasteiger partial charge on any atom is 0.244 e. The number of hydrogen-bond acceptors (Lipinski definition) is 4. The summed E-state index contributed by atoms with van der Waals surface area (Å²) in [6, 6.07) is 3.07. The molecule has 0 aromatic carbocycles. The zero-order valence-electron chi connectivity index (χ0n) is 12.3. The van der Waals surface area contributed by atoms with Crippen LogP contribution in [0.5, 0.6) is 0 Å². The second-order valence-electron chi connectivity index (χ2n) is 5.73. The van der Waals surface area contributed by atoms with Crippen LogP contribution in [-0.4, -0.2) is 35.8 Å². The highest BCUT2D eigenvalue weighted by atomic mass is 32.2. The van der Waals surface area contributed by atoms with E-state index in [2.05, 4.69) is 18.8 Å². The molecule has 0 aliphatic carbocycles. The molecule has 1 aromatic rings. The van der Waals surface area contributed by atoms with Gasteiger partial charge in [-0.05, 0) is 36.8 Å². The van der Waals surface area contributed by atoms with E-state index in [1.54, 1.807) is 10.4 Å². The van der Waals surface area contributed by atoms with Crippen molar-refractivity contribution in [3.63, 3.8) is 0 Å². The zero-order valence-corrected chi connectivity index (χ0v) is 14.0. The lowest BCUT2D eigenvalue weighted by atomic mass is 9.87. The van der Waals surface area contributed by atoms with Crippen molar-refractivity contribution in [2.45, 2.75) is 31.6 Å². The molecule has 2 heterocycles. The van der Waals surface area contributed by atoms with Crippen molar-refractivity contribution in [3.05, 3.63) is 24.0 Å². The Labute approximate surface area is 131 Å². The quantitative estimate of drug-likeness (QED) is 0.853. The first-order valence-corrected chi connectivity index (χ1v) is 8.93. The van der Waals surface area contributed by atoms with Crippen LogP contribution in [0.4, 0.5) is 0 Å². The number of nitrogens with two attached hydrogens (primary N) is 1. The Balaban J connectivity index is 2.13. The molecule has 0 unspecified atom stereocenters. The molecule has 7 heteroatoms. The van der Waals surface area contributed by atoms with Gasteiger partial charge in [0.05, 0.1) is 5.69 Å². The number of sulfonamides is 1. The van der Waals surface area contributed by atoms with E-state index >= 15 is 0 Å². The highest BCUT2D eigenvalue weighted by Gasteiger charge is 2.30. The molecule has 0 amide bonds. The second kappa shape index (κ2) is 6.37. The SMILES string of the molecule is CC(C)C1CCN(S(=O)(=O)c2ccc(C(N)=S)nc2)CC1. The summed E-state index contributed by atoms with van der Waals surface area (Å²) in [5.74, 6) is 1.20. The van der Waals surface area contributed by atoms with Crippen LogP contribution in [0.15, 0.2) is 23.2 Å². The molecule has 1 aliphatic heterocycles. The number of rotatable bonds is 4. The van der Waals surface area contributed by atoms with Crippen LogP contribution in [0, 0.1) is 11.8 Å². The van der Waals surface area contributed by atoms with Crippen LogP contribution in [0.1, 0.15) is 32.4 Å². The molecular formula is C14H21N3O2S2. The minimum Gasteiger partial charge on any atom is -0.388 e. The predicted molar refractivity (Wildman–Crippen MR) is 86.4 cm³/mol. The van der Waals surface area contributed by atoms with Crippen molar-refractivity contribution < 1.29 is 8.42 Å². The number of pyridine rings is 1. The van der Waals surface area contributed by atoms with Gasteiger partial charge >= 0.3 is 0 Å². The van der Waals surface area contributed by atoms with Gasteiger partial charge in [-0.25, -0.2) is 8.42 Å². The number of aromatic nitrogens is 1. The van der Waals surface area contributed by atoms with Gasteiger partial charge in [0.2, 0.25) is 10.0 Å². The maximum atomic E-state index is 12.6. The number of thiocarbonyl (C=S) groups is 1. The Hall–Kier alpha value is -1.05. The van der Waals surface area contributed by atoms with Gasteiger partial charge in [0.1, 0.15) is 9.88 Å². The first-order valence-electron chi connectivity index (χ1n) is 7.08. The third kappa shape index (κ3) is 3.59. The molecule has 0 saturated carbocycles. The van der Waals surface area contributed by atoms with E-state index < -0.39 is 10.0 Å². The van der Waals surface area contributed by atoms with E-state index in [4.69, 9.17) is 18.0 Å². The van der Waals surface area contributed by atoms with Crippen molar-refractivity contribution in [1.29, 1.82) is 0 Å². The first kappa shape index (κ1) is 16.3. The molecule has 116 valence electrons. The maximum absolute atomic E-state index is 12.6. The lowest BCUT2D eigenvalue weighted by molar-refractivity contribution is 0.226. The van der Waals surface area contributed by atoms with Crippen molar-refractivity contribution >= 4 is 27.2 Å². The largest absolute Gasteiger partial charge is 0.388 e. The van der Waals surface area contributed by atoms with E-state index in [-0.39, 0.29) is 9.88 Å². The molecule has 1 saturated heterocycles. The van der Waals surface area contributed by atoms with Gasteiger partial charge in [-0.2, -0.15) is 4.31 Å². The Morgan fingerprint density at radius 3 is 2.43 bits per heavy atom. The van der Waals surface area contributed by atoms with Gasteiger partial charge in [0, 0.05) is 19.3 Å². The number of hydrogen-bond donors (Lipinski definition) is 1. The van der Waals surface area contributed by atoms with Crippen molar-refractivity contribution in [2.24, 2.45) is 17.6 Å². The second-order valence-corrected chi connectivity index (χ2v) is 8.11. The average molecular weight is 327 g/mol. The summed E-state index contributed by atoms with van der Waals surface area (Å²) in [6.45, 7) is 5.52. The van der Waals surface area contributed by atoms with Crippen LogP contribution >= 0.6 is 12.2 Å². The normalized spacial score (nSPS) is 18.0. The molecule has 0 radical (unpaired) electrons. The van der Waals surface area contributed by atoms with Gasteiger partial charge in [0.25, 0.3) is 0 Å². The van der Waals surface area contributed by atoms with Crippen LogP contribution in [0.2, 0.25) is 0 Å². The van der Waals surface area contributed by atoms with Crippen LogP contribution in [0.25, 0.3) is 0 Å². The number of piperidine rings is 1. The Morgan fingerprint density at radius 1 is 1.38 bits per heavy atom. The summed E-state index contributed by atoms with van der Waals surface area (Å²) in [5, 5.41) is 0. The summed E-state index contributed by atoms with van der Waals surface area (Å²) in [6.07, 6.45) is 3.16. The molecule has 21 heavy (non-hydrogen) atoms. The van der Waals surface area contributed by atoms with Gasteiger partial charge in [0.15, 0.2) is 0 Å². The van der Waals surface area contributed by atoms with E-state index in [0.29, 0.717) is 30.6 Å². The molecule has 0 atom stereocenters.